The van der Waals surface area contributed by atoms with Crippen LogP contribution in [0.15, 0.2) is 30.9 Å². The van der Waals surface area contributed by atoms with Crippen LogP contribution in [0, 0.1) is 22.7 Å². The van der Waals surface area contributed by atoms with Gasteiger partial charge in [0.05, 0.1) is 5.60 Å². The molecule has 3 aliphatic carbocycles. The van der Waals surface area contributed by atoms with Crippen molar-refractivity contribution in [1.82, 2.24) is 0 Å². The fraction of sp³-hybridized carbons (Fsp3) is 0.714. The van der Waals surface area contributed by atoms with Gasteiger partial charge in [-0.05, 0) is 104 Å². The molecule has 0 radical (unpaired) electrons. The van der Waals surface area contributed by atoms with Gasteiger partial charge in [-0.25, -0.2) is 0 Å². The lowest BCUT2D eigenvalue weighted by molar-refractivity contribution is -0.205. The Balaban J connectivity index is 1.60. The molecule has 3 aliphatic rings. The van der Waals surface area contributed by atoms with E-state index in [4.69, 9.17) is 0 Å². The van der Waals surface area contributed by atoms with E-state index in [2.05, 4.69) is 25.6 Å². The van der Waals surface area contributed by atoms with Crippen LogP contribution < -0.4 is 0 Å². The predicted molar refractivity (Wildman–Crippen MR) is 127 cm³/mol. The van der Waals surface area contributed by atoms with Gasteiger partial charge in [0.2, 0.25) is 0 Å². The third-order valence-electron chi connectivity index (χ3n) is 9.90. The third kappa shape index (κ3) is 4.09. The predicted octanol–water partition coefficient (Wildman–Crippen LogP) is 6.66. The highest BCUT2D eigenvalue weighted by Gasteiger charge is 2.66. The Kier molecular flexibility index (Phi) is 6.65. The molecule has 1 aromatic rings. The molecule has 0 spiro atoms. The molecule has 6 heteroatoms. The maximum absolute atomic E-state index is 12.6. The fourth-order valence-electron chi connectivity index (χ4n) is 8.01. The summed E-state index contributed by atoms with van der Waals surface area (Å²) in [6.07, 6.45) is 2.10. The van der Waals surface area contributed by atoms with Crippen molar-refractivity contribution in [3.05, 3.63) is 42.0 Å². The minimum absolute atomic E-state index is 0.144. The number of hydrogen-bond donors (Lipinski definition) is 3. The van der Waals surface area contributed by atoms with Gasteiger partial charge >= 0.3 is 6.18 Å². The van der Waals surface area contributed by atoms with Gasteiger partial charge < -0.3 is 15.3 Å². The van der Waals surface area contributed by atoms with Crippen molar-refractivity contribution in [2.45, 2.75) is 102 Å². The molecule has 0 aromatic heterocycles. The first-order valence-electron chi connectivity index (χ1n) is 12.8. The number of fused-ring (bicyclic) bond motifs is 5. The van der Waals surface area contributed by atoms with Gasteiger partial charge in [-0.15, -0.1) is 6.58 Å². The highest BCUT2D eigenvalue weighted by Crippen LogP contribution is 2.71. The first kappa shape index (κ1) is 25.6. The summed E-state index contributed by atoms with van der Waals surface area (Å²) < 4.78 is 37.9. The summed E-state index contributed by atoms with van der Waals surface area (Å²) >= 11 is 0. The number of aliphatic hydroxyl groups excluding tert-OH is 1. The Morgan fingerprint density at radius 2 is 1.91 bits per heavy atom. The Bertz CT molecular complexity index is 911. The molecule has 1 aromatic carbocycles. The van der Waals surface area contributed by atoms with Crippen LogP contribution >= 0.6 is 0 Å². The Morgan fingerprint density at radius 3 is 2.59 bits per heavy atom. The Hall–Kier alpha value is -1.53. The zero-order valence-electron chi connectivity index (χ0n) is 20.4. The van der Waals surface area contributed by atoms with E-state index < -0.39 is 17.9 Å². The number of benzene rings is 1. The zero-order valence-corrected chi connectivity index (χ0v) is 20.4. The average molecular weight is 481 g/mol. The molecule has 7 atom stereocenters. The van der Waals surface area contributed by atoms with Crippen LogP contribution in [0.2, 0.25) is 0 Å². The number of aryl methyl sites for hydroxylation is 1. The molecule has 190 valence electrons. The lowest BCUT2D eigenvalue weighted by Crippen LogP contribution is -2.56. The highest BCUT2D eigenvalue weighted by atomic mass is 19.4. The van der Waals surface area contributed by atoms with E-state index in [1.165, 1.54) is 11.1 Å². The lowest BCUT2D eigenvalue weighted by atomic mass is 9.43. The van der Waals surface area contributed by atoms with Crippen molar-refractivity contribution in [1.29, 1.82) is 0 Å². The van der Waals surface area contributed by atoms with E-state index in [9.17, 15) is 28.5 Å². The molecule has 2 fully saturated rings. The monoisotopic (exact) mass is 480 g/mol. The molecule has 34 heavy (non-hydrogen) atoms. The molecule has 3 nitrogen and oxygen atoms in total. The number of rotatable bonds is 7. The Labute approximate surface area is 201 Å². The van der Waals surface area contributed by atoms with Crippen LogP contribution in [-0.4, -0.2) is 33.2 Å². The van der Waals surface area contributed by atoms with Crippen LogP contribution in [0.4, 0.5) is 13.2 Å². The molecular formula is C28H39F3O3. The summed E-state index contributed by atoms with van der Waals surface area (Å²) in [5, 5.41) is 30.8. The molecule has 0 amide bonds. The summed E-state index contributed by atoms with van der Waals surface area (Å²) in [6.45, 7) is 8.50. The largest absolute Gasteiger partial charge is 0.508 e. The van der Waals surface area contributed by atoms with E-state index in [1.807, 2.05) is 13.0 Å². The van der Waals surface area contributed by atoms with Gasteiger partial charge in [-0.2, -0.15) is 13.2 Å². The van der Waals surface area contributed by atoms with E-state index in [-0.39, 0.29) is 34.8 Å². The van der Waals surface area contributed by atoms with Crippen molar-refractivity contribution >= 4 is 0 Å². The minimum atomic E-state index is -4.55. The van der Waals surface area contributed by atoms with E-state index in [1.54, 1.807) is 6.07 Å². The Morgan fingerprint density at radius 1 is 1.18 bits per heavy atom. The van der Waals surface area contributed by atoms with Crippen molar-refractivity contribution < 1.29 is 28.5 Å². The zero-order chi connectivity index (χ0) is 24.9. The van der Waals surface area contributed by atoms with E-state index in [0.29, 0.717) is 18.8 Å². The smallest absolute Gasteiger partial charge is 0.414 e. The maximum Gasteiger partial charge on any atom is 0.414 e. The summed E-state index contributed by atoms with van der Waals surface area (Å²) in [5.74, 6) is 1.08. The van der Waals surface area contributed by atoms with Crippen molar-refractivity contribution in [3.8, 4) is 5.75 Å². The number of allylic oxidation sites excluding steroid dienone is 1. The standard InChI is InChI=1S/C28H39F3O3/c1-4-27-15-12-18-16-20(32)10-11-21(18)24(27)19(8-6-5-7-9-23(33)28(29,30)31)17-25(2)22(27)13-14-26(25,3)34/h4,10-11,16,19,22-24,32-34H,1,5-9,12-15,17H2,2-3H3/t19-,22+,23-,24+,25-,26-,27?/m0/s1. The third-order valence-corrected chi connectivity index (χ3v) is 9.90. The summed E-state index contributed by atoms with van der Waals surface area (Å²) in [5.41, 5.74) is 1.28. The molecule has 0 heterocycles. The van der Waals surface area contributed by atoms with Crippen molar-refractivity contribution in [2.75, 3.05) is 0 Å². The summed E-state index contributed by atoms with van der Waals surface area (Å²) in [6, 6.07) is 5.68. The molecule has 0 bridgehead atoms. The van der Waals surface area contributed by atoms with E-state index in [0.717, 1.165) is 44.9 Å². The number of halogens is 3. The van der Waals surface area contributed by atoms with Gasteiger partial charge in [0.25, 0.3) is 0 Å². The normalized spacial score (nSPS) is 38.0. The summed E-state index contributed by atoms with van der Waals surface area (Å²) in [4.78, 5) is 0. The summed E-state index contributed by atoms with van der Waals surface area (Å²) in [7, 11) is 0. The van der Waals surface area contributed by atoms with Crippen LogP contribution in [-0.2, 0) is 6.42 Å². The van der Waals surface area contributed by atoms with Crippen LogP contribution in [0.1, 0.15) is 88.7 Å². The van der Waals surface area contributed by atoms with Gasteiger partial charge in [-0.1, -0.05) is 38.3 Å². The van der Waals surface area contributed by atoms with Gasteiger partial charge in [0.15, 0.2) is 0 Å². The maximum atomic E-state index is 12.6. The van der Waals surface area contributed by atoms with Gasteiger partial charge in [0.1, 0.15) is 11.9 Å². The van der Waals surface area contributed by atoms with Gasteiger partial charge in [-0.3, -0.25) is 0 Å². The number of phenols is 1. The molecule has 3 N–H and O–H groups in total. The van der Waals surface area contributed by atoms with Crippen molar-refractivity contribution in [2.24, 2.45) is 22.7 Å². The molecule has 1 unspecified atom stereocenters. The van der Waals surface area contributed by atoms with Crippen LogP contribution in [0.3, 0.4) is 0 Å². The first-order valence-corrected chi connectivity index (χ1v) is 12.8. The second-order valence-corrected chi connectivity index (χ2v) is 11.6. The fourth-order valence-corrected chi connectivity index (χ4v) is 8.01. The number of hydrogen-bond acceptors (Lipinski definition) is 3. The van der Waals surface area contributed by atoms with Gasteiger partial charge in [0, 0.05) is 0 Å². The number of aromatic hydroxyl groups is 1. The molecule has 4 rings (SSSR count). The number of phenolic OH excluding ortho intramolecular Hbond substituents is 1. The average Bonchev–Trinajstić information content (AvgIpc) is 3.01. The SMILES string of the molecule is C=CC12CCc3cc(O)ccc3[C@H]1[C@@H](CCCCC[C@H](O)C(F)(F)F)C[C@@]1(C)[C@H]2CC[C@]1(C)O. The molecule has 2 saturated carbocycles. The minimum Gasteiger partial charge on any atom is -0.508 e. The second-order valence-electron chi connectivity index (χ2n) is 11.6. The molecule has 0 saturated heterocycles. The van der Waals surface area contributed by atoms with Crippen LogP contribution in [0.25, 0.3) is 0 Å². The first-order chi connectivity index (χ1) is 15.9. The van der Waals surface area contributed by atoms with E-state index >= 15 is 0 Å². The highest BCUT2D eigenvalue weighted by molar-refractivity contribution is 5.43. The molecular weight excluding hydrogens is 441 g/mol. The number of alkyl halides is 3. The quantitative estimate of drug-likeness (QED) is 0.302. The van der Waals surface area contributed by atoms with Crippen LogP contribution in [0.5, 0.6) is 5.75 Å². The number of unbranched alkanes of at least 4 members (excludes halogenated alkanes) is 2. The lowest BCUT2D eigenvalue weighted by Gasteiger charge is -2.61. The second kappa shape index (κ2) is 8.85. The topological polar surface area (TPSA) is 60.7 Å². The number of aliphatic hydroxyl groups is 2. The molecule has 0 aliphatic heterocycles. The van der Waals surface area contributed by atoms with Crippen molar-refractivity contribution in [3.63, 3.8) is 0 Å².